The standard InChI is InChI=1S/C14H25NO4/c1-13(2,3)15(9-12(16)17)11-4-6-19-14(8-11)5-7-18-10-14/h11H,4-10H2,1-3H3,(H,16,17). The van der Waals surface area contributed by atoms with Crippen LogP contribution >= 0.6 is 0 Å². The maximum Gasteiger partial charge on any atom is 0.317 e. The molecule has 0 bridgehead atoms. The van der Waals surface area contributed by atoms with E-state index in [1.165, 1.54) is 0 Å². The molecule has 2 saturated heterocycles. The van der Waals surface area contributed by atoms with Gasteiger partial charge in [-0.25, -0.2) is 0 Å². The number of rotatable bonds is 3. The minimum atomic E-state index is -0.766. The molecule has 2 heterocycles. The van der Waals surface area contributed by atoms with Crippen molar-refractivity contribution in [2.24, 2.45) is 0 Å². The fourth-order valence-electron chi connectivity index (χ4n) is 3.19. The molecular formula is C14H25NO4. The summed E-state index contributed by atoms with van der Waals surface area (Å²) in [5, 5.41) is 9.14. The Morgan fingerprint density at radius 1 is 1.42 bits per heavy atom. The number of carboxylic acids is 1. The molecule has 0 aromatic carbocycles. The van der Waals surface area contributed by atoms with E-state index in [0.717, 1.165) is 25.9 Å². The second kappa shape index (κ2) is 5.38. The van der Waals surface area contributed by atoms with E-state index in [-0.39, 0.29) is 23.7 Å². The molecule has 0 aliphatic carbocycles. The first-order valence-electron chi connectivity index (χ1n) is 7.03. The minimum absolute atomic E-state index is 0.0884. The summed E-state index contributed by atoms with van der Waals surface area (Å²) in [6.45, 7) is 8.40. The Morgan fingerprint density at radius 2 is 2.16 bits per heavy atom. The molecule has 2 aliphatic rings. The zero-order valence-electron chi connectivity index (χ0n) is 12.1. The third-order valence-corrected chi connectivity index (χ3v) is 4.14. The van der Waals surface area contributed by atoms with Gasteiger partial charge < -0.3 is 14.6 Å². The first-order chi connectivity index (χ1) is 8.82. The van der Waals surface area contributed by atoms with Crippen LogP contribution in [0.2, 0.25) is 0 Å². The molecule has 0 aromatic heterocycles. The van der Waals surface area contributed by atoms with Gasteiger partial charge in [-0.15, -0.1) is 0 Å². The third-order valence-electron chi connectivity index (χ3n) is 4.14. The van der Waals surface area contributed by atoms with Crippen molar-refractivity contribution in [2.75, 3.05) is 26.4 Å². The van der Waals surface area contributed by atoms with Gasteiger partial charge in [-0.2, -0.15) is 0 Å². The van der Waals surface area contributed by atoms with Crippen molar-refractivity contribution >= 4 is 5.97 Å². The molecule has 110 valence electrons. The predicted octanol–water partition coefficient (Wildman–Crippen LogP) is 1.51. The highest BCUT2D eigenvalue weighted by Gasteiger charge is 2.44. The lowest BCUT2D eigenvalue weighted by Crippen LogP contribution is -2.56. The number of hydrogen-bond acceptors (Lipinski definition) is 4. The van der Waals surface area contributed by atoms with E-state index in [1.54, 1.807) is 0 Å². The Bertz CT molecular complexity index is 331. The van der Waals surface area contributed by atoms with Gasteiger partial charge in [-0.3, -0.25) is 9.69 Å². The maximum absolute atomic E-state index is 11.1. The molecule has 0 aromatic rings. The van der Waals surface area contributed by atoms with Crippen LogP contribution in [0.15, 0.2) is 0 Å². The van der Waals surface area contributed by atoms with E-state index in [2.05, 4.69) is 25.7 Å². The van der Waals surface area contributed by atoms with Crippen LogP contribution in [-0.4, -0.2) is 59.5 Å². The van der Waals surface area contributed by atoms with Crippen molar-refractivity contribution in [1.29, 1.82) is 0 Å². The maximum atomic E-state index is 11.1. The smallest absolute Gasteiger partial charge is 0.317 e. The second-order valence-electron chi connectivity index (χ2n) is 6.67. The summed E-state index contributed by atoms with van der Waals surface area (Å²) >= 11 is 0. The van der Waals surface area contributed by atoms with Crippen LogP contribution in [0.1, 0.15) is 40.0 Å². The predicted molar refractivity (Wildman–Crippen MR) is 71.2 cm³/mol. The molecule has 1 spiro atoms. The highest BCUT2D eigenvalue weighted by Crippen LogP contribution is 2.36. The van der Waals surface area contributed by atoms with Crippen LogP contribution < -0.4 is 0 Å². The quantitative estimate of drug-likeness (QED) is 0.843. The Balaban J connectivity index is 2.10. The number of carboxylic acid groups (broad SMARTS) is 1. The summed E-state index contributed by atoms with van der Waals surface area (Å²) in [4.78, 5) is 13.2. The van der Waals surface area contributed by atoms with Gasteiger partial charge in [0.25, 0.3) is 0 Å². The van der Waals surface area contributed by atoms with Gasteiger partial charge in [0.1, 0.15) is 0 Å². The summed E-state index contributed by atoms with van der Waals surface area (Å²) < 4.78 is 11.4. The topological polar surface area (TPSA) is 59.0 Å². The second-order valence-corrected chi connectivity index (χ2v) is 6.67. The van der Waals surface area contributed by atoms with Gasteiger partial charge >= 0.3 is 5.97 Å². The average Bonchev–Trinajstić information content (AvgIpc) is 2.72. The van der Waals surface area contributed by atoms with Crippen molar-refractivity contribution in [3.63, 3.8) is 0 Å². The van der Waals surface area contributed by atoms with Crippen LogP contribution in [0.25, 0.3) is 0 Å². The lowest BCUT2D eigenvalue weighted by atomic mass is 9.87. The lowest BCUT2D eigenvalue weighted by Gasteiger charge is -2.46. The number of aliphatic carboxylic acids is 1. The van der Waals surface area contributed by atoms with Gasteiger partial charge in [0.2, 0.25) is 0 Å². The highest BCUT2D eigenvalue weighted by molar-refractivity contribution is 5.69. The monoisotopic (exact) mass is 271 g/mol. The number of hydrogen-bond donors (Lipinski definition) is 1. The van der Waals surface area contributed by atoms with Crippen LogP contribution in [-0.2, 0) is 14.3 Å². The van der Waals surface area contributed by atoms with Crippen molar-refractivity contribution in [3.05, 3.63) is 0 Å². The SMILES string of the molecule is CC(C)(C)N(CC(=O)O)C1CCOC2(CCOC2)C1. The van der Waals surface area contributed by atoms with Gasteiger partial charge in [0.15, 0.2) is 0 Å². The van der Waals surface area contributed by atoms with Gasteiger partial charge in [0.05, 0.1) is 18.8 Å². The van der Waals surface area contributed by atoms with E-state index in [1.807, 2.05) is 0 Å². The Kier molecular flexibility index (Phi) is 4.18. The van der Waals surface area contributed by atoms with Crippen LogP contribution in [0.4, 0.5) is 0 Å². The molecule has 2 aliphatic heterocycles. The molecule has 2 fully saturated rings. The van der Waals surface area contributed by atoms with Crippen molar-refractivity contribution < 1.29 is 19.4 Å². The van der Waals surface area contributed by atoms with E-state index in [9.17, 15) is 4.79 Å². The molecule has 2 unspecified atom stereocenters. The van der Waals surface area contributed by atoms with Gasteiger partial charge in [-0.05, 0) is 33.6 Å². The molecule has 5 heteroatoms. The van der Waals surface area contributed by atoms with Crippen molar-refractivity contribution in [1.82, 2.24) is 4.90 Å². The third kappa shape index (κ3) is 3.46. The van der Waals surface area contributed by atoms with Crippen LogP contribution in [0.3, 0.4) is 0 Å². The summed E-state index contributed by atoms with van der Waals surface area (Å²) in [6.07, 6.45) is 2.69. The largest absolute Gasteiger partial charge is 0.480 e. The number of carbonyl (C=O) groups is 1. The van der Waals surface area contributed by atoms with E-state index < -0.39 is 5.97 Å². The molecule has 0 radical (unpaired) electrons. The minimum Gasteiger partial charge on any atom is -0.480 e. The van der Waals surface area contributed by atoms with Crippen molar-refractivity contribution in [3.8, 4) is 0 Å². The molecule has 19 heavy (non-hydrogen) atoms. The molecule has 5 nitrogen and oxygen atoms in total. The first-order valence-corrected chi connectivity index (χ1v) is 7.03. The molecule has 2 atom stereocenters. The first kappa shape index (κ1) is 14.8. The van der Waals surface area contributed by atoms with Crippen LogP contribution in [0.5, 0.6) is 0 Å². The zero-order chi connectivity index (χ0) is 14.1. The van der Waals surface area contributed by atoms with Crippen LogP contribution in [0, 0.1) is 0 Å². The van der Waals surface area contributed by atoms with Gasteiger partial charge in [-0.1, -0.05) is 0 Å². The molecule has 0 saturated carbocycles. The summed E-state index contributed by atoms with van der Waals surface area (Å²) in [6, 6.07) is 0.256. The number of ether oxygens (including phenoxy) is 2. The zero-order valence-corrected chi connectivity index (χ0v) is 12.1. The highest BCUT2D eigenvalue weighted by atomic mass is 16.6. The lowest BCUT2D eigenvalue weighted by molar-refractivity contribution is -0.146. The summed E-state index contributed by atoms with van der Waals surface area (Å²) in [5.41, 5.74) is -0.327. The molecule has 1 N–H and O–H groups in total. The van der Waals surface area contributed by atoms with E-state index in [4.69, 9.17) is 14.6 Å². The summed E-state index contributed by atoms with van der Waals surface area (Å²) in [7, 11) is 0. The van der Waals surface area contributed by atoms with E-state index in [0.29, 0.717) is 13.2 Å². The number of nitrogens with zero attached hydrogens (tertiary/aromatic N) is 1. The normalized spacial score (nSPS) is 32.1. The van der Waals surface area contributed by atoms with E-state index >= 15 is 0 Å². The van der Waals surface area contributed by atoms with Gasteiger partial charge in [0, 0.05) is 31.2 Å². The fourth-order valence-corrected chi connectivity index (χ4v) is 3.19. The van der Waals surface area contributed by atoms with Crippen molar-refractivity contribution in [2.45, 2.75) is 57.2 Å². The fraction of sp³-hybridized carbons (Fsp3) is 0.929. The molecule has 2 rings (SSSR count). The molecular weight excluding hydrogens is 246 g/mol. The summed E-state index contributed by atoms with van der Waals surface area (Å²) in [5.74, 6) is -0.766. The Morgan fingerprint density at radius 3 is 2.68 bits per heavy atom. The molecule has 0 amide bonds. The Hall–Kier alpha value is -0.650. The Labute approximate surface area is 114 Å². The average molecular weight is 271 g/mol.